The van der Waals surface area contributed by atoms with Gasteiger partial charge in [0.15, 0.2) is 0 Å². The van der Waals surface area contributed by atoms with E-state index in [0.29, 0.717) is 12.4 Å². The molecule has 0 unspecified atom stereocenters. The van der Waals surface area contributed by atoms with Gasteiger partial charge in [0.25, 0.3) is 0 Å². The number of carboxylic acids is 1. The Morgan fingerprint density at radius 3 is 2.47 bits per heavy atom. The molecule has 0 aliphatic carbocycles. The van der Waals surface area contributed by atoms with E-state index in [1.807, 2.05) is 24.3 Å². The Morgan fingerprint density at radius 2 is 1.89 bits per heavy atom. The molecule has 0 heterocycles. The molecule has 0 atom stereocenters. The van der Waals surface area contributed by atoms with E-state index >= 15 is 0 Å². The van der Waals surface area contributed by atoms with Gasteiger partial charge >= 0.3 is 5.97 Å². The summed E-state index contributed by atoms with van der Waals surface area (Å²) in [6, 6.07) is 12.1. The van der Waals surface area contributed by atoms with E-state index in [-0.39, 0.29) is 10.6 Å². The fourth-order valence-corrected chi connectivity index (χ4v) is 1.99. The predicted octanol–water partition coefficient (Wildman–Crippen LogP) is 4.38. The molecule has 0 amide bonds. The minimum atomic E-state index is -1.01. The maximum absolute atomic E-state index is 10.8. The predicted molar refractivity (Wildman–Crippen MR) is 76.9 cm³/mol. The molecule has 2 rings (SSSR count). The molecule has 0 saturated heterocycles. The van der Waals surface area contributed by atoms with Crippen molar-refractivity contribution in [2.45, 2.75) is 6.61 Å². The fraction of sp³-hybridized carbons (Fsp3) is 0.0714. The minimum Gasteiger partial charge on any atom is -0.487 e. The number of hydrogen-bond donors (Lipinski definition) is 1. The van der Waals surface area contributed by atoms with Crippen molar-refractivity contribution in [2.75, 3.05) is 0 Å². The van der Waals surface area contributed by atoms with Crippen molar-refractivity contribution in [2.24, 2.45) is 0 Å². The molecule has 98 valence electrons. The summed E-state index contributed by atoms with van der Waals surface area (Å²) in [5.41, 5.74) is 1.14. The van der Waals surface area contributed by atoms with Gasteiger partial charge in [-0.05, 0) is 35.9 Å². The average Bonchev–Trinajstić information content (AvgIpc) is 2.39. The summed E-state index contributed by atoms with van der Waals surface area (Å²) in [6.45, 7) is 0.374. The lowest BCUT2D eigenvalue weighted by atomic mass is 10.2. The van der Waals surface area contributed by atoms with Crippen molar-refractivity contribution in [1.29, 1.82) is 0 Å². The topological polar surface area (TPSA) is 46.5 Å². The van der Waals surface area contributed by atoms with Crippen molar-refractivity contribution in [3.05, 3.63) is 63.1 Å². The van der Waals surface area contributed by atoms with Gasteiger partial charge in [0, 0.05) is 4.47 Å². The molecular formula is C14H10BrClO3. The normalized spacial score (nSPS) is 10.2. The molecule has 3 nitrogen and oxygen atoms in total. The smallest absolute Gasteiger partial charge is 0.335 e. The standard InChI is InChI=1S/C14H10BrClO3/c15-11-4-1-9(2-5-11)8-19-13-6-3-10(14(17)18)7-12(13)16/h1-7H,8H2,(H,17,18). The second-order valence-electron chi connectivity index (χ2n) is 3.87. The summed E-state index contributed by atoms with van der Waals surface area (Å²) < 4.78 is 6.56. The Balaban J connectivity index is 2.07. The highest BCUT2D eigenvalue weighted by Gasteiger charge is 2.08. The molecule has 0 radical (unpaired) electrons. The number of carbonyl (C=O) groups is 1. The molecule has 19 heavy (non-hydrogen) atoms. The van der Waals surface area contributed by atoms with Crippen LogP contribution in [0.25, 0.3) is 0 Å². The van der Waals surface area contributed by atoms with Crippen LogP contribution in [0.1, 0.15) is 15.9 Å². The number of halogens is 2. The lowest BCUT2D eigenvalue weighted by molar-refractivity contribution is 0.0697. The fourth-order valence-electron chi connectivity index (χ4n) is 1.49. The number of benzene rings is 2. The van der Waals surface area contributed by atoms with Gasteiger partial charge in [-0.2, -0.15) is 0 Å². The lowest BCUT2D eigenvalue weighted by Gasteiger charge is -2.08. The zero-order valence-corrected chi connectivity index (χ0v) is 12.1. The maximum atomic E-state index is 10.8. The summed E-state index contributed by atoms with van der Waals surface area (Å²) >= 11 is 9.33. The van der Waals surface area contributed by atoms with E-state index in [4.69, 9.17) is 21.4 Å². The van der Waals surface area contributed by atoms with Crippen LogP contribution in [-0.2, 0) is 6.61 Å². The van der Waals surface area contributed by atoms with E-state index in [9.17, 15) is 4.79 Å². The molecule has 0 saturated carbocycles. The lowest BCUT2D eigenvalue weighted by Crippen LogP contribution is -1.99. The van der Waals surface area contributed by atoms with Crippen molar-refractivity contribution in [3.8, 4) is 5.75 Å². The van der Waals surface area contributed by atoms with Gasteiger partial charge < -0.3 is 9.84 Å². The number of ether oxygens (including phenoxy) is 1. The van der Waals surface area contributed by atoms with Gasteiger partial charge in [-0.3, -0.25) is 0 Å². The van der Waals surface area contributed by atoms with Crippen LogP contribution in [0.4, 0.5) is 0 Å². The van der Waals surface area contributed by atoms with Crippen molar-refractivity contribution >= 4 is 33.5 Å². The van der Waals surface area contributed by atoms with Gasteiger partial charge in [-0.15, -0.1) is 0 Å². The highest BCUT2D eigenvalue weighted by molar-refractivity contribution is 9.10. The maximum Gasteiger partial charge on any atom is 0.335 e. The molecule has 2 aromatic rings. The quantitative estimate of drug-likeness (QED) is 0.897. The summed E-state index contributed by atoms with van der Waals surface area (Å²) in [4.78, 5) is 10.8. The molecular weight excluding hydrogens is 332 g/mol. The van der Waals surface area contributed by atoms with Crippen molar-refractivity contribution in [3.63, 3.8) is 0 Å². The third-order valence-electron chi connectivity index (χ3n) is 2.49. The molecule has 0 aromatic heterocycles. The van der Waals surface area contributed by atoms with E-state index in [1.54, 1.807) is 6.07 Å². The Morgan fingerprint density at radius 1 is 1.21 bits per heavy atom. The second-order valence-corrected chi connectivity index (χ2v) is 5.19. The van der Waals surface area contributed by atoms with E-state index in [2.05, 4.69) is 15.9 Å². The first-order valence-electron chi connectivity index (χ1n) is 5.46. The third-order valence-corrected chi connectivity index (χ3v) is 3.31. The van der Waals surface area contributed by atoms with Gasteiger partial charge in [0.1, 0.15) is 12.4 Å². The van der Waals surface area contributed by atoms with E-state index in [1.165, 1.54) is 12.1 Å². The van der Waals surface area contributed by atoms with Crippen LogP contribution in [0.15, 0.2) is 46.9 Å². The largest absolute Gasteiger partial charge is 0.487 e. The van der Waals surface area contributed by atoms with Gasteiger partial charge in [0.2, 0.25) is 0 Å². The average molecular weight is 342 g/mol. The van der Waals surface area contributed by atoms with Crippen LogP contribution < -0.4 is 4.74 Å². The SMILES string of the molecule is O=C(O)c1ccc(OCc2ccc(Br)cc2)c(Cl)c1. The molecule has 0 bridgehead atoms. The Kier molecular flexibility index (Phi) is 4.45. The first-order valence-corrected chi connectivity index (χ1v) is 6.63. The number of rotatable bonds is 4. The van der Waals surface area contributed by atoms with Crippen LogP contribution >= 0.6 is 27.5 Å². The zero-order chi connectivity index (χ0) is 13.8. The second kappa shape index (κ2) is 6.08. The number of carboxylic acid groups (broad SMARTS) is 1. The van der Waals surface area contributed by atoms with Crippen molar-refractivity contribution < 1.29 is 14.6 Å². The molecule has 0 fully saturated rings. The summed E-state index contributed by atoms with van der Waals surface area (Å²) in [7, 11) is 0. The first-order chi connectivity index (χ1) is 9.06. The van der Waals surface area contributed by atoms with E-state index in [0.717, 1.165) is 10.0 Å². The van der Waals surface area contributed by atoms with Crippen LogP contribution in [0.5, 0.6) is 5.75 Å². The van der Waals surface area contributed by atoms with E-state index < -0.39 is 5.97 Å². The zero-order valence-electron chi connectivity index (χ0n) is 9.77. The first kappa shape index (κ1) is 13.9. The summed E-state index contributed by atoms with van der Waals surface area (Å²) in [5.74, 6) is -0.545. The Bertz CT molecular complexity index is 596. The van der Waals surface area contributed by atoms with Gasteiger partial charge in [-0.1, -0.05) is 39.7 Å². The highest BCUT2D eigenvalue weighted by Crippen LogP contribution is 2.26. The molecule has 1 N–H and O–H groups in total. The number of aromatic carboxylic acids is 1. The minimum absolute atomic E-state index is 0.140. The third kappa shape index (κ3) is 3.72. The Hall–Kier alpha value is -1.52. The molecule has 5 heteroatoms. The number of hydrogen-bond acceptors (Lipinski definition) is 2. The molecule has 2 aromatic carbocycles. The van der Waals surface area contributed by atoms with Crippen LogP contribution in [0.2, 0.25) is 5.02 Å². The van der Waals surface area contributed by atoms with Crippen LogP contribution in [0.3, 0.4) is 0 Å². The van der Waals surface area contributed by atoms with Crippen molar-refractivity contribution in [1.82, 2.24) is 0 Å². The van der Waals surface area contributed by atoms with Gasteiger partial charge in [0.05, 0.1) is 10.6 Å². The molecule has 0 spiro atoms. The van der Waals surface area contributed by atoms with Crippen LogP contribution in [-0.4, -0.2) is 11.1 Å². The highest BCUT2D eigenvalue weighted by atomic mass is 79.9. The summed E-state index contributed by atoms with van der Waals surface area (Å²) in [6.07, 6.45) is 0. The summed E-state index contributed by atoms with van der Waals surface area (Å²) in [5, 5.41) is 9.12. The van der Waals surface area contributed by atoms with Gasteiger partial charge in [-0.25, -0.2) is 4.79 Å². The molecule has 0 aliphatic heterocycles. The monoisotopic (exact) mass is 340 g/mol. The molecule has 0 aliphatic rings. The van der Waals surface area contributed by atoms with Crippen LogP contribution in [0, 0.1) is 0 Å². The Labute approximate surface area is 123 Å².